The number of nitrogens with one attached hydrogen (secondary N) is 2. The molecular formula is C23H29N3O4. The summed E-state index contributed by atoms with van der Waals surface area (Å²) in [6, 6.07) is 15.7. The number of carboxylic acid groups (broad SMARTS) is 1. The summed E-state index contributed by atoms with van der Waals surface area (Å²) in [7, 11) is 0. The Kier molecular flexibility index (Phi) is 8.55. The lowest BCUT2D eigenvalue weighted by Crippen LogP contribution is -2.56. The fraction of sp³-hybridized carbons (Fsp3) is 0.348. The van der Waals surface area contributed by atoms with Crippen molar-refractivity contribution in [1.29, 1.82) is 0 Å². The van der Waals surface area contributed by atoms with Crippen molar-refractivity contribution in [2.45, 2.75) is 44.8 Å². The van der Waals surface area contributed by atoms with Crippen molar-refractivity contribution in [3.05, 3.63) is 71.8 Å². The van der Waals surface area contributed by atoms with E-state index in [-0.39, 0.29) is 12.3 Å². The van der Waals surface area contributed by atoms with Crippen molar-refractivity contribution in [1.82, 2.24) is 10.6 Å². The van der Waals surface area contributed by atoms with Crippen molar-refractivity contribution < 1.29 is 19.5 Å². The molecule has 3 atom stereocenters. The lowest BCUT2D eigenvalue weighted by molar-refractivity contribution is -0.143. The van der Waals surface area contributed by atoms with Gasteiger partial charge >= 0.3 is 5.97 Å². The van der Waals surface area contributed by atoms with Gasteiger partial charge in [0.15, 0.2) is 0 Å². The molecule has 0 aliphatic rings. The molecule has 0 unspecified atom stereocenters. The third-order valence-corrected chi connectivity index (χ3v) is 4.78. The molecule has 0 bridgehead atoms. The van der Waals surface area contributed by atoms with Gasteiger partial charge in [-0.15, -0.1) is 0 Å². The smallest absolute Gasteiger partial charge is 0.326 e. The number of amides is 2. The predicted molar refractivity (Wildman–Crippen MR) is 115 cm³/mol. The number of carbonyl (C=O) groups excluding carboxylic acids is 2. The molecule has 30 heavy (non-hydrogen) atoms. The van der Waals surface area contributed by atoms with E-state index in [9.17, 15) is 19.5 Å². The van der Waals surface area contributed by atoms with Crippen molar-refractivity contribution in [3.63, 3.8) is 0 Å². The summed E-state index contributed by atoms with van der Waals surface area (Å²) in [4.78, 5) is 37.0. The number of nitrogens with two attached hydrogens (primary N) is 1. The molecule has 2 aromatic carbocycles. The van der Waals surface area contributed by atoms with Crippen molar-refractivity contribution in [2.75, 3.05) is 0 Å². The highest BCUT2D eigenvalue weighted by Gasteiger charge is 2.29. The highest BCUT2D eigenvalue weighted by Crippen LogP contribution is 2.08. The van der Waals surface area contributed by atoms with Gasteiger partial charge in [-0.05, 0) is 23.5 Å². The third kappa shape index (κ3) is 7.00. The van der Waals surface area contributed by atoms with Crippen LogP contribution in [0.3, 0.4) is 0 Å². The largest absolute Gasteiger partial charge is 0.480 e. The van der Waals surface area contributed by atoms with E-state index in [0.717, 1.165) is 11.1 Å². The van der Waals surface area contributed by atoms with E-state index >= 15 is 0 Å². The first-order chi connectivity index (χ1) is 14.3. The topological polar surface area (TPSA) is 122 Å². The number of benzene rings is 2. The fourth-order valence-electron chi connectivity index (χ4n) is 3.07. The van der Waals surface area contributed by atoms with Crippen LogP contribution < -0.4 is 16.4 Å². The highest BCUT2D eigenvalue weighted by molar-refractivity contribution is 5.92. The SMILES string of the molecule is CC(C)[C@@H](NC(=O)[C@H](Cc1ccccc1)NC(=O)[C@H](N)Cc1ccccc1)C(=O)O. The number of carbonyl (C=O) groups is 3. The number of carboxylic acids is 1. The van der Waals surface area contributed by atoms with E-state index in [0.29, 0.717) is 6.42 Å². The third-order valence-electron chi connectivity index (χ3n) is 4.78. The number of hydrogen-bond donors (Lipinski definition) is 4. The van der Waals surface area contributed by atoms with Gasteiger partial charge in [-0.3, -0.25) is 9.59 Å². The van der Waals surface area contributed by atoms with Gasteiger partial charge in [0.1, 0.15) is 12.1 Å². The van der Waals surface area contributed by atoms with E-state index in [1.165, 1.54) is 0 Å². The van der Waals surface area contributed by atoms with Crippen LogP contribution in [0, 0.1) is 5.92 Å². The van der Waals surface area contributed by atoms with Crippen LogP contribution in [-0.2, 0) is 27.2 Å². The van der Waals surface area contributed by atoms with Crippen molar-refractivity contribution in [3.8, 4) is 0 Å². The molecule has 7 nitrogen and oxygen atoms in total. The summed E-state index contributed by atoms with van der Waals surface area (Å²) in [6.07, 6.45) is 0.553. The standard InChI is InChI=1S/C23H29N3O4/c1-15(2)20(23(29)30)26-22(28)19(14-17-11-7-4-8-12-17)25-21(27)18(24)13-16-9-5-3-6-10-16/h3-12,15,18-20H,13-14,24H2,1-2H3,(H,25,27)(H,26,28)(H,29,30)/t18-,19+,20-/m1/s1. The lowest BCUT2D eigenvalue weighted by atomic mass is 10.0. The van der Waals surface area contributed by atoms with Gasteiger partial charge in [-0.1, -0.05) is 74.5 Å². The number of aliphatic carboxylic acids is 1. The minimum atomic E-state index is -1.12. The molecule has 0 aromatic heterocycles. The first kappa shape index (κ1) is 23.1. The van der Waals surface area contributed by atoms with Crippen LogP contribution in [-0.4, -0.2) is 41.0 Å². The molecule has 0 fully saturated rings. The molecule has 0 saturated carbocycles. The van der Waals surface area contributed by atoms with Gasteiger partial charge < -0.3 is 21.5 Å². The van der Waals surface area contributed by atoms with Crippen LogP contribution >= 0.6 is 0 Å². The Hall–Kier alpha value is -3.19. The Balaban J connectivity index is 2.13. The zero-order valence-electron chi connectivity index (χ0n) is 17.2. The Labute approximate surface area is 176 Å². The van der Waals surface area contributed by atoms with E-state index < -0.39 is 35.9 Å². The van der Waals surface area contributed by atoms with E-state index in [4.69, 9.17) is 5.73 Å². The average molecular weight is 412 g/mol. The quantitative estimate of drug-likeness (QED) is 0.472. The molecule has 5 N–H and O–H groups in total. The summed E-state index contributed by atoms with van der Waals surface area (Å²) in [6.45, 7) is 3.42. The Morgan fingerprint density at radius 3 is 1.80 bits per heavy atom. The van der Waals surface area contributed by atoms with Crippen LogP contribution in [0.2, 0.25) is 0 Å². The van der Waals surface area contributed by atoms with E-state index in [2.05, 4.69) is 10.6 Å². The van der Waals surface area contributed by atoms with E-state index in [1.807, 2.05) is 60.7 Å². The van der Waals surface area contributed by atoms with Gasteiger partial charge in [0.25, 0.3) is 0 Å². The zero-order valence-corrected chi connectivity index (χ0v) is 17.2. The molecule has 0 heterocycles. The summed E-state index contributed by atoms with van der Waals surface area (Å²) < 4.78 is 0. The van der Waals surface area contributed by atoms with Crippen LogP contribution in [0.25, 0.3) is 0 Å². The second kappa shape index (κ2) is 11.1. The molecule has 2 rings (SSSR count). The Morgan fingerprint density at radius 1 is 0.833 bits per heavy atom. The van der Waals surface area contributed by atoms with Gasteiger partial charge in [-0.25, -0.2) is 4.79 Å². The van der Waals surface area contributed by atoms with Crippen molar-refractivity contribution >= 4 is 17.8 Å². The number of rotatable bonds is 10. The molecule has 0 aliphatic heterocycles. The minimum Gasteiger partial charge on any atom is -0.480 e. The maximum atomic E-state index is 12.9. The average Bonchev–Trinajstić information content (AvgIpc) is 2.72. The van der Waals surface area contributed by atoms with Crippen LogP contribution in [0.1, 0.15) is 25.0 Å². The molecule has 0 spiro atoms. The maximum absolute atomic E-state index is 12.9. The van der Waals surface area contributed by atoms with Gasteiger partial charge in [-0.2, -0.15) is 0 Å². The van der Waals surface area contributed by atoms with Crippen molar-refractivity contribution in [2.24, 2.45) is 11.7 Å². The summed E-state index contributed by atoms with van der Waals surface area (Å²) in [5, 5.41) is 14.6. The molecule has 2 amide bonds. The summed E-state index contributed by atoms with van der Waals surface area (Å²) in [5.41, 5.74) is 7.80. The Bertz CT molecular complexity index is 840. The monoisotopic (exact) mass is 411 g/mol. The summed E-state index contributed by atoms with van der Waals surface area (Å²) in [5.74, 6) is -2.45. The van der Waals surface area contributed by atoms with E-state index in [1.54, 1.807) is 13.8 Å². The highest BCUT2D eigenvalue weighted by atomic mass is 16.4. The normalized spacial score (nSPS) is 13.9. The zero-order chi connectivity index (χ0) is 22.1. The second-order valence-corrected chi connectivity index (χ2v) is 7.62. The minimum absolute atomic E-state index is 0.223. The molecule has 160 valence electrons. The molecule has 0 aliphatic carbocycles. The van der Waals surface area contributed by atoms with Crippen LogP contribution in [0.5, 0.6) is 0 Å². The molecular weight excluding hydrogens is 382 g/mol. The summed E-state index contributed by atoms with van der Waals surface area (Å²) >= 11 is 0. The molecule has 0 saturated heterocycles. The first-order valence-electron chi connectivity index (χ1n) is 9.95. The maximum Gasteiger partial charge on any atom is 0.326 e. The van der Waals surface area contributed by atoms with Gasteiger partial charge in [0.2, 0.25) is 11.8 Å². The number of hydrogen-bond acceptors (Lipinski definition) is 4. The second-order valence-electron chi connectivity index (χ2n) is 7.62. The van der Waals surface area contributed by atoms with Crippen LogP contribution in [0.4, 0.5) is 0 Å². The predicted octanol–water partition coefficient (Wildman–Crippen LogP) is 1.51. The molecule has 2 aromatic rings. The fourth-order valence-corrected chi connectivity index (χ4v) is 3.07. The lowest BCUT2D eigenvalue weighted by Gasteiger charge is -2.24. The first-order valence-corrected chi connectivity index (χ1v) is 9.95. The van der Waals surface area contributed by atoms with Crippen LogP contribution in [0.15, 0.2) is 60.7 Å². The molecule has 0 radical (unpaired) electrons. The van der Waals surface area contributed by atoms with Gasteiger partial charge in [0, 0.05) is 6.42 Å². The van der Waals surface area contributed by atoms with Gasteiger partial charge in [0.05, 0.1) is 6.04 Å². The molecule has 7 heteroatoms. The Morgan fingerprint density at radius 2 is 1.33 bits per heavy atom.